The highest BCUT2D eigenvalue weighted by Crippen LogP contribution is 2.43. The lowest BCUT2D eigenvalue weighted by Crippen LogP contribution is -2.46. The van der Waals surface area contributed by atoms with E-state index in [0.717, 1.165) is 0 Å². The molecule has 0 aromatic carbocycles. The number of nitriles is 1. The fourth-order valence-corrected chi connectivity index (χ4v) is 4.50. The molecule has 36 heavy (non-hydrogen) atoms. The first-order chi connectivity index (χ1) is 17.0. The van der Waals surface area contributed by atoms with Gasteiger partial charge in [-0.15, -0.1) is 0 Å². The predicted molar refractivity (Wildman–Crippen MR) is 125 cm³/mol. The van der Waals surface area contributed by atoms with Crippen LogP contribution in [0.15, 0.2) is 18.5 Å². The number of fused-ring (bicyclic) bond motifs is 1. The van der Waals surface area contributed by atoms with Crippen LogP contribution in [-0.4, -0.2) is 68.2 Å². The molecule has 0 aliphatic carbocycles. The summed E-state index contributed by atoms with van der Waals surface area (Å²) in [7, 11) is -3.07. The van der Waals surface area contributed by atoms with E-state index in [1.54, 1.807) is 32.9 Å². The largest absolute Gasteiger partial charge is 0.462 e. The van der Waals surface area contributed by atoms with Gasteiger partial charge in [0.25, 0.3) is 8.18 Å². The average Bonchev–Trinajstić information content (AvgIpc) is 3.38. The zero-order valence-corrected chi connectivity index (χ0v) is 21.2. The lowest BCUT2D eigenvalue weighted by atomic mass is 9.96. The van der Waals surface area contributed by atoms with Gasteiger partial charge in [0.2, 0.25) is 5.60 Å². The zero-order valence-electron chi connectivity index (χ0n) is 20.2. The molecule has 3 heterocycles. The highest BCUT2D eigenvalue weighted by molar-refractivity contribution is 7.36. The topological polar surface area (TPSA) is 200 Å². The maximum atomic E-state index is 12.5. The Kier molecular flexibility index (Phi) is 8.65. The Balaban J connectivity index is 1.84. The van der Waals surface area contributed by atoms with E-state index in [2.05, 4.69) is 15.2 Å². The van der Waals surface area contributed by atoms with Crippen LogP contribution in [0.3, 0.4) is 0 Å². The molecule has 2 aromatic heterocycles. The normalized spacial score (nSPS) is 25.4. The van der Waals surface area contributed by atoms with Crippen LogP contribution in [0.1, 0.15) is 45.9 Å². The maximum Gasteiger partial charge on any atom is 0.323 e. The summed E-state index contributed by atoms with van der Waals surface area (Å²) in [6, 6.07) is 4.11. The number of aromatic nitrogens is 3. The van der Waals surface area contributed by atoms with Crippen LogP contribution >= 0.6 is 8.18 Å². The molecule has 14 nitrogen and oxygen atoms in total. The number of aliphatic hydroxyl groups is 1. The molecule has 1 aliphatic rings. The SMILES string of the molecule is CCC(=O)O[C@H]1[C@H](c2ccc3c(N)ncnn23)O[C@](C#N)(CO[PH](=O)N[C@@H](C)C(=O)OC(C)C)[C@H]1O. The van der Waals surface area contributed by atoms with Crippen molar-refractivity contribution in [3.8, 4) is 6.07 Å². The Morgan fingerprint density at radius 1 is 1.42 bits per heavy atom. The van der Waals surface area contributed by atoms with Crippen molar-refractivity contribution in [3.63, 3.8) is 0 Å². The number of ether oxygens (including phenoxy) is 3. The Morgan fingerprint density at radius 2 is 2.14 bits per heavy atom. The summed E-state index contributed by atoms with van der Waals surface area (Å²) in [6.07, 6.45) is -3.27. The first-order valence-electron chi connectivity index (χ1n) is 11.2. The molecular weight excluding hydrogens is 495 g/mol. The van der Waals surface area contributed by atoms with Crippen molar-refractivity contribution in [2.45, 2.75) is 70.2 Å². The standard InChI is InChI=1S/C21H29N6O8P/c1-5-15(28)34-17-16(13-6-7-14-19(23)24-10-25-27(13)14)35-21(8-22,18(17)29)9-32-36(31)26-12(4)20(30)33-11(2)3/h6-7,10-12,16-18,29,36H,5,9H2,1-4H3,(H,26,31)(H2,23,24,25)/t12-,16-,17-,18-,21+/m0/s1. The number of hydrogen-bond acceptors (Lipinski definition) is 12. The second-order valence-corrected chi connectivity index (χ2v) is 9.57. The van der Waals surface area contributed by atoms with Gasteiger partial charge in [0.1, 0.15) is 42.8 Å². The predicted octanol–water partition coefficient (Wildman–Crippen LogP) is 0.664. The van der Waals surface area contributed by atoms with Gasteiger partial charge in [-0.2, -0.15) is 10.4 Å². The number of carbonyl (C=O) groups excluding carboxylic acids is 2. The summed E-state index contributed by atoms with van der Waals surface area (Å²) >= 11 is 0. The van der Waals surface area contributed by atoms with Gasteiger partial charge in [0.15, 0.2) is 11.9 Å². The number of carbonyl (C=O) groups is 2. The average molecular weight is 524 g/mol. The number of nitrogens with two attached hydrogens (primary N) is 1. The molecule has 0 saturated carbocycles. The molecule has 4 N–H and O–H groups in total. The number of esters is 2. The molecule has 1 unspecified atom stereocenters. The van der Waals surface area contributed by atoms with E-state index in [-0.39, 0.29) is 18.3 Å². The van der Waals surface area contributed by atoms with Crippen molar-refractivity contribution in [2.75, 3.05) is 12.3 Å². The molecular formula is C21H29N6O8P. The third-order valence-corrected chi connectivity index (χ3v) is 6.51. The van der Waals surface area contributed by atoms with Gasteiger partial charge >= 0.3 is 11.9 Å². The van der Waals surface area contributed by atoms with E-state index in [1.165, 1.54) is 17.8 Å². The Morgan fingerprint density at radius 3 is 2.78 bits per heavy atom. The van der Waals surface area contributed by atoms with E-state index in [4.69, 9.17) is 24.5 Å². The van der Waals surface area contributed by atoms with E-state index in [1.807, 2.05) is 6.07 Å². The van der Waals surface area contributed by atoms with Crippen LogP contribution in [0.25, 0.3) is 5.52 Å². The second kappa shape index (κ2) is 11.3. The molecule has 2 aromatic rings. The quantitative estimate of drug-likeness (QED) is 0.289. The molecule has 1 fully saturated rings. The van der Waals surface area contributed by atoms with Gasteiger partial charge in [-0.1, -0.05) is 6.92 Å². The van der Waals surface area contributed by atoms with Crippen molar-refractivity contribution in [1.82, 2.24) is 19.7 Å². The molecule has 0 amide bonds. The summed E-state index contributed by atoms with van der Waals surface area (Å²) in [5, 5.41) is 27.6. The van der Waals surface area contributed by atoms with Crippen molar-refractivity contribution >= 4 is 31.5 Å². The molecule has 0 spiro atoms. The van der Waals surface area contributed by atoms with Crippen LogP contribution in [0, 0.1) is 11.3 Å². The van der Waals surface area contributed by atoms with Crippen LogP contribution in [-0.2, 0) is 32.9 Å². The first kappa shape index (κ1) is 27.5. The van der Waals surface area contributed by atoms with Gasteiger partial charge in [-0.3, -0.25) is 14.2 Å². The molecule has 196 valence electrons. The molecule has 15 heteroatoms. The smallest absolute Gasteiger partial charge is 0.323 e. The lowest BCUT2D eigenvalue weighted by Gasteiger charge is -2.25. The summed E-state index contributed by atoms with van der Waals surface area (Å²) in [6.45, 7) is 5.71. The summed E-state index contributed by atoms with van der Waals surface area (Å²) in [5.74, 6) is -1.08. The number of aliphatic hydroxyl groups excluding tert-OH is 1. The third kappa shape index (κ3) is 5.66. The molecule has 0 bridgehead atoms. The number of nitrogen functional groups attached to an aromatic ring is 1. The minimum Gasteiger partial charge on any atom is -0.462 e. The van der Waals surface area contributed by atoms with Crippen LogP contribution in [0.4, 0.5) is 5.82 Å². The molecule has 1 saturated heterocycles. The number of nitrogens with zero attached hydrogens (tertiary/aromatic N) is 4. The second-order valence-electron chi connectivity index (χ2n) is 8.42. The number of nitrogens with one attached hydrogen (secondary N) is 1. The van der Waals surface area contributed by atoms with Crippen molar-refractivity contribution in [1.29, 1.82) is 5.26 Å². The van der Waals surface area contributed by atoms with E-state index in [9.17, 15) is 24.5 Å². The lowest BCUT2D eigenvalue weighted by molar-refractivity contribution is -0.155. The number of anilines is 1. The van der Waals surface area contributed by atoms with Crippen LogP contribution in [0.2, 0.25) is 0 Å². The Bertz CT molecular complexity index is 1180. The van der Waals surface area contributed by atoms with Gasteiger partial charge in [0, 0.05) is 6.42 Å². The summed E-state index contributed by atoms with van der Waals surface area (Å²) in [4.78, 5) is 28.0. The minimum atomic E-state index is -3.07. The number of hydrogen-bond donors (Lipinski definition) is 3. The number of rotatable bonds is 10. The van der Waals surface area contributed by atoms with E-state index in [0.29, 0.717) is 11.2 Å². The minimum absolute atomic E-state index is 0.0119. The Labute approximate surface area is 207 Å². The molecule has 0 radical (unpaired) electrons. The highest BCUT2D eigenvalue weighted by atomic mass is 31.1. The van der Waals surface area contributed by atoms with E-state index >= 15 is 0 Å². The van der Waals surface area contributed by atoms with Gasteiger partial charge < -0.3 is 29.6 Å². The fraction of sp³-hybridized carbons (Fsp3) is 0.571. The monoisotopic (exact) mass is 524 g/mol. The van der Waals surface area contributed by atoms with Gasteiger partial charge in [-0.25, -0.2) is 14.6 Å². The zero-order chi connectivity index (χ0) is 26.6. The fourth-order valence-electron chi connectivity index (χ4n) is 3.60. The van der Waals surface area contributed by atoms with Gasteiger partial charge in [-0.05, 0) is 32.9 Å². The molecule has 3 rings (SSSR count). The first-order valence-corrected chi connectivity index (χ1v) is 12.5. The third-order valence-electron chi connectivity index (χ3n) is 5.43. The van der Waals surface area contributed by atoms with Crippen molar-refractivity contribution in [3.05, 3.63) is 24.2 Å². The van der Waals surface area contributed by atoms with Crippen molar-refractivity contribution in [2.24, 2.45) is 0 Å². The maximum absolute atomic E-state index is 12.5. The summed E-state index contributed by atoms with van der Waals surface area (Å²) < 4.78 is 35.6. The Hall–Kier alpha value is -3.08. The van der Waals surface area contributed by atoms with Crippen molar-refractivity contribution < 1.29 is 38.0 Å². The molecule has 1 aliphatic heterocycles. The summed E-state index contributed by atoms with van der Waals surface area (Å²) in [5.41, 5.74) is 4.60. The highest BCUT2D eigenvalue weighted by Gasteiger charge is 2.58. The molecule has 6 atom stereocenters. The van der Waals surface area contributed by atoms with Crippen LogP contribution < -0.4 is 10.8 Å². The van der Waals surface area contributed by atoms with Crippen LogP contribution in [0.5, 0.6) is 0 Å². The van der Waals surface area contributed by atoms with Gasteiger partial charge in [0.05, 0.1) is 11.8 Å². The van der Waals surface area contributed by atoms with E-state index < -0.39 is 56.7 Å².